The molecule has 0 aromatic heterocycles. The Bertz CT molecular complexity index is 982. The molecule has 0 radical (unpaired) electrons. The molecule has 0 atom stereocenters. The van der Waals surface area contributed by atoms with Crippen LogP contribution in [-0.4, -0.2) is 24.0 Å². The fraction of sp³-hybridized carbons (Fsp3) is 0.350. The van der Waals surface area contributed by atoms with Gasteiger partial charge in [0.15, 0.2) is 0 Å². The van der Waals surface area contributed by atoms with Crippen molar-refractivity contribution in [2.45, 2.75) is 33.4 Å². The van der Waals surface area contributed by atoms with Crippen LogP contribution in [0.2, 0.25) is 5.02 Å². The quantitative estimate of drug-likeness (QED) is 0.345. The van der Waals surface area contributed by atoms with E-state index in [0.29, 0.717) is 12.5 Å². The summed E-state index contributed by atoms with van der Waals surface area (Å²) in [5, 5.41) is 11.4. The summed E-state index contributed by atoms with van der Waals surface area (Å²) in [6.07, 6.45) is -4.01. The Hall–Kier alpha value is -3.01. The van der Waals surface area contributed by atoms with Gasteiger partial charge in [0.25, 0.3) is 0 Å². The number of rotatable bonds is 8. The second-order valence-electron chi connectivity index (χ2n) is 6.40. The number of carbonyl (C=O) groups excluding carboxylic acids is 1. The molecule has 7 nitrogen and oxygen atoms in total. The van der Waals surface area contributed by atoms with Gasteiger partial charge in [-0.3, -0.25) is 14.9 Å². The highest BCUT2D eigenvalue weighted by Crippen LogP contribution is 2.44. The maximum atomic E-state index is 12.9. The highest BCUT2D eigenvalue weighted by atomic mass is 35.5. The zero-order valence-corrected chi connectivity index (χ0v) is 17.7. The molecule has 0 saturated carbocycles. The number of nitro groups is 1. The van der Waals surface area contributed by atoms with Gasteiger partial charge < -0.3 is 14.4 Å². The minimum absolute atomic E-state index is 0.00746. The van der Waals surface area contributed by atoms with Crippen LogP contribution >= 0.6 is 11.6 Å². The van der Waals surface area contributed by atoms with E-state index >= 15 is 0 Å². The maximum absolute atomic E-state index is 12.9. The molecule has 2 aromatic rings. The molecule has 11 heteroatoms. The molecule has 2 aromatic carbocycles. The zero-order valence-electron chi connectivity index (χ0n) is 17.0. The summed E-state index contributed by atoms with van der Waals surface area (Å²) in [5.74, 6) is -0.673. The van der Waals surface area contributed by atoms with Gasteiger partial charge >= 0.3 is 11.9 Å². The maximum Gasteiger partial charge on any atom is 0.416 e. The lowest BCUT2D eigenvalue weighted by atomic mass is 10.2. The Morgan fingerprint density at radius 2 is 1.87 bits per heavy atom. The van der Waals surface area contributed by atoms with E-state index in [1.807, 2.05) is 6.92 Å². The minimum atomic E-state index is -4.58. The lowest BCUT2D eigenvalue weighted by Gasteiger charge is -2.21. The number of carbonyl (C=O) groups is 1. The van der Waals surface area contributed by atoms with Crippen molar-refractivity contribution in [2.24, 2.45) is 0 Å². The fourth-order valence-electron chi connectivity index (χ4n) is 2.79. The summed E-state index contributed by atoms with van der Waals surface area (Å²) < 4.78 is 49.7. The van der Waals surface area contributed by atoms with Crippen molar-refractivity contribution < 1.29 is 32.4 Å². The third-order valence-corrected chi connectivity index (χ3v) is 4.44. The van der Waals surface area contributed by atoms with E-state index in [-0.39, 0.29) is 41.1 Å². The number of hydrogen-bond acceptors (Lipinski definition) is 5. The Kier molecular flexibility index (Phi) is 7.72. The molecule has 31 heavy (non-hydrogen) atoms. The Labute approximate surface area is 181 Å². The van der Waals surface area contributed by atoms with Gasteiger partial charge in [-0.15, -0.1) is 0 Å². The van der Waals surface area contributed by atoms with Gasteiger partial charge in [0.2, 0.25) is 11.7 Å². The molecule has 1 amide bonds. The first kappa shape index (κ1) is 24.3. The van der Waals surface area contributed by atoms with Crippen LogP contribution in [0.4, 0.5) is 24.5 Å². The molecule has 0 aliphatic carbocycles. The summed E-state index contributed by atoms with van der Waals surface area (Å²) >= 11 is 5.94. The number of ether oxygens (including phenoxy) is 2. The average Bonchev–Trinajstić information content (AvgIpc) is 2.67. The number of halogens is 4. The Morgan fingerprint density at radius 1 is 1.19 bits per heavy atom. The fourth-order valence-corrected chi connectivity index (χ4v) is 3.01. The van der Waals surface area contributed by atoms with E-state index in [9.17, 15) is 28.1 Å². The van der Waals surface area contributed by atoms with Crippen molar-refractivity contribution in [1.82, 2.24) is 0 Å². The SMILES string of the molecule is CCCOc1cc(Oc2ccc(C(F)(F)F)cc2Cl)cc(N(CC)C(C)=O)c1[N+](=O)[O-]. The van der Waals surface area contributed by atoms with Gasteiger partial charge in [-0.05, 0) is 31.5 Å². The lowest BCUT2D eigenvalue weighted by molar-refractivity contribution is -0.385. The first-order chi connectivity index (χ1) is 14.5. The average molecular weight is 461 g/mol. The Balaban J connectivity index is 2.60. The van der Waals surface area contributed by atoms with Gasteiger partial charge in [0, 0.05) is 25.6 Å². The van der Waals surface area contributed by atoms with E-state index in [4.69, 9.17) is 21.1 Å². The van der Waals surface area contributed by atoms with Crippen LogP contribution in [0.5, 0.6) is 17.2 Å². The van der Waals surface area contributed by atoms with Crippen molar-refractivity contribution in [2.75, 3.05) is 18.1 Å². The van der Waals surface area contributed by atoms with Gasteiger partial charge in [0.05, 0.1) is 22.1 Å². The highest BCUT2D eigenvalue weighted by Gasteiger charge is 2.32. The zero-order chi connectivity index (χ0) is 23.3. The molecule has 2 rings (SSSR count). The smallest absolute Gasteiger partial charge is 0.416 e. The highest BCUT2D eigenvalue weighted by molar-refractivity contribution is 6.32. The minimum Gasteiger partial charge on any atom is -0.487 e. The summed E-state index contributed by atoms with van der Waals surface area (Å²) in [6, 6.07) is 5.04. The van der Waals surface area contributed by atoms with Gasteiger partial charge in [0.1, 0.15) is 17.2 Å². The first-order valence-electron chi connectivity index (χ1n) is 9.27. The molecule has 0 spiro atoms. The normalized spacial score (nSPS) is 11.2. The van der Waals surface area contributed by atoms with Crippen LogP contribution in [-0.2, 0) is 11.0 Å². The lowest BCUT2D eigenvalue weighted by Crippen LogP contribution is -2.28. The van der Waals surface area contributed by atoms with E-state index in [1.165, 1.54) is 19.1 Å². The van der Waals surface area contributed by atoms with Gasteiger partial charge in [-0.25, -0.2) is 0 Å². The molecule has 0 N–H and O–H groups in total. The summed E-state index contributed by atoms with van der Waals surface area (Å²) in [6.45, 7) is 4.99. The molecule has 168 valence electrons. The van der Waals surface area contributed by atoms with Crippen LogP contribution in [0.25, 0.3) is 0 Å². The van der Waals surface area contributed by atoms with Crippen molar-refractivity contribution in [3.05, 3.63) is 51.0 Å². The topological polar surface area (TPSA) is 81.9 Å². The summed E-state index contributed by atoms with van der Waals surface area (Å²) in [4.78, 5) is 24.2. The number of hydrogen-bond donors (Lipinski definition) is 0. The third-order valence-electron chi connectivity index (χ3n) is 4.15. The molecule has 0 saturated heterocycles. The van der Waals surface area contributed by atoms with Crippen LogP contribution in [0.3, 0.4) is 0 Å². The standard InChI is InChI=1S/C20H20ClF3N2O5/c1-4-8-30-18-11-14(10-16(19(18)26(28)29)25(5-2)12(3)27)31-17-7-6-13(9-15(17)21)20(22,23)24/h6-7,9-11H,4-5,8H2,1-3H3. The van der Waals surface area contributed by atoms with Crippen LogP contribution in [0, 0.1) is 10.1 Å². The monoisotopic (exact) mass is 460 g/mol. The van der Waals surface area contributed by atoms with Crippen molar-refractivity contribution >= 4 is 28.9 Å². The third kappa shape index (κ3) is 5.78. The van der Waals surface area contributed by atoms with Crippen molar-refractivity contribution in [1.29, 1.82) is 0 Å². The van der Waals surface area contributed by atoms with E-state index in [1.54, 1.807) is 6.92 Å². The second-order valence-corrected chi connectivity index (χ2v) is 6.81. The van der Waals surface area contributed by atoms with E-state index in [0.717, 1.165) is 17.0 Å². The number of anilines is 1. The number of alkyl halides is 3. The molecule has 0 unspecified atom stereocenters. The van der Waals surface area contributed by atoms with Crippen LogP contribution in [0.1, 0.15) is 32.8 Å². The van der Waals surface area contributed by atoms with Gasteiger partial charge in [-0.1, -0.05) is 18.5 Å². The number of amides is 1. The van der Waals surface area contributed by atoms with E-state index < -0.39 is 28.3 Å². The Morgan fingerprint density at radius 3 is 2.35 bits per heavy atom. The number of nitro benzene ring substituents is 1. The molecular formula is C20H20ClF3N2O5. The van der Waals surface area contributed by atoms with Crippen molar-refractivity contribution in [3.63, 3.8) is 0 Å². The molecule has 0 bridgehead atoms. The molecule has 0 fully saturated rings. The predicted octanol–water partition coefficient (Wildman–Crippen LogP) is 6.22. The number of nitrogens with zero attached hydrogens (tertiary/aromatic N) is 2. The van der Waals surface area contributed by atoms with E-state index in [2.05, 4.69) is 0 Å². The largest absolute Gasteiger partial charge is 0.487 e. The summed E-state index contributed by atoms with van der Waals surface area (Å²) in [5.41, 5.74) is -1.43. The first-order valence-corrected chi connectivity index (χ1v) is 9.65. The van der Waals surface area contributed by atoms with Crippen molar-refractivity contribution in [3.8, 4) is 17.2 Å². The second kappa shape index (κ2) is 9.86. The molecular weight excluding hydrogens is 441 g/mol. The van der Waals surface area contributed by atoms with Crippen LogP contribution in [0.15, 0.2) is 30.3 Å². The number of benzene rings is 2. The molecule has 0 aliphatic rings. The van der Waals surface area contributed by atoms with Gasteiger partial charge in [-0.2, -0.15) is 13.2 Å². The molecule has 0 aliphatic heterocycles. The summed E-state index contributed by atoms with van der Waals surface area (Å²) in [7, 11) is 0. The van der Waals surface area contributed by atoms with Crippen LogP contribution < -0.4 is 14.4 Å². The predicted molar refractivity (Wildman–Crippen MR) is 109 cm³/mol. The molecule has 0 heterocycles.